The molecule has 0 saturated carbocycles. The molecule has 1 saturated heterocycles. The number of nitrogens with one attached hydrogen (secondary N) is 1. The zero-order valence-corrected chi connectivity index (χ0v) is 13.8. The van der Waals surface area contributed by atoms with E-state index in [0.717, 1.165) is 22.9 Å². The minimum Gasteiger partial charge on any atom is -0.338 e. The van der Waals surface area contributed by atoms with Crippen LogP contribution in [0, 0.1) is 12.3 Å². The van der Waals surface area contributed by atoms with Crippen molar-refractivity contribution in [1.82, 2.24) is 9.88 Å². The molecular formula is C18H23N3O2. The number of carbonyl (C=O) groups is 1. The summed E-state index contributed by atoms with van der Waals surface area (Å²) in [6.07, 6.45) is 0.753. The van der Waals surface area contributed by atoms with Gasteiger partial charge in [-0.15, -0.1) is 0 Å². The van der Waals surface area contributed by atoms with E-state index in [9.17, 15) is 9.59 Å². The highest BCUT2D eigenvalue weighted by molar-refractivity contribution is 5.99. The fraction of sp³-hybridized carbons (Fsp3) is 0.444. The van der Waals surface area contributed by atoms with Crippen LogP contribution in [0.3, 0.4) is 0 Å². The molecule has 1 fully saturated rings. The summed E-state index contributed by atoms with van der Waals surface area (Å²) < 4.78 is 0. The highest BCUT2D eigenvalue weighted by atomic mass is 16.2. The van der Waals surface area contributed by atoms with Gasteiger partial charge in [0.1, 0.15) is 5.56 Å². The van der Waals surface area contributed by atoms with E-state index in [0.29, 0.717) is 13.1 Å². The Morgan fingerprint density at radius 2 is 2.04 bits per heavy atom. The number of hydrogen-bond acceptors (Lipinski definition) is 3. The molecule has 3 N–H and O–H groups in total. The van der Waals surface area contributed by atoms with E-state index in [2.05, 4.69) is 18.8 Å². The summed E-state index contributed by atoms with van der Waals surface area (Å²) in [5, 5.41) is 0.906. The maximum atomic E-state index is 12.9. The lowest BCUT2D eigenvalue weighted by atomic mass is 9.79. The molecule has 0 bridgehead atoms. The number of para-hydroxylation sites is 1. The maximum absolute atomic E-state index is 12.9. The van der Waals surface area contributed by atoms with Gasteiger partial charge in [0.25, 0.3) is 11.5 Å². The number of nitrogens with zero attached hydrogens (tertiary/aromatic N) is 1. The third kappa shape index (κ3) is 2.65. The van der Waals surface area contributed by atoms with Gasteiger partial charge in [0.05, 0.1) is 0 Å². The first-order chi connectivity index (χ1) is 10.8. The molecule has 1 aliphatic rings. The van der Waals surface area contributed by atoms with E-state index in [-0.39, 0.29) is 28.5 Å². The van der Waals surface area contributed by atoms with E-state index in [1.54, 1.807) is 4.90 Å². The Labute approximate surface area is 135 Å². The predicted molar refractivity (Wildman–Crippen MR) is 91.6 cm³/mol. The van der Waals surface area contributed by atoms with Crippen LogP contribution in [0.15, 0.2) is 29.1 Å². The number of piperidine rings is 1. The van der Waals surface area contributed by atoms with Crippen molar-refractivity contribution >= 4 is 16.8 Å². The molecular weight excluding hydrogens is 290 g/mol. The molecule has 0 aliphatic carbocycles. The number of rotatable bonds is 1. The molecule has 2 aromatic rings. The topological polar surface area (TPSA) is 79.2 Å². The number of benzene rings is 1. The van der Waals surface area contributed by atoms with Crippen molar-refractivity contribution in [3.63, 3.8) is 0 Å². The normalized spacial score (nSPS) is 20.7. The predicted octanol–water partition coefficient (Wildman–Crippen LogP) is 2.04. The number of pyridine rings is 1. The van der Waals surface area contributed by atoms with Gasteiger partial charge in [-0.05, 0) is 30.4 Å². The number of amides is 1. The van der Waals surface area contributed by atoms with Gasteiger partial charge in [-0.25, -0.2) is 0 Å². The Morgan fingerprint density at radius 3 is 2.74 bits per heavy atom. The minimum atomic E-state index is -0.320. The number of H-pyrrole nitrogens is 1. The lowest BCUT2D eigenvalue weighted by molar-refractivity contribution is 0.0531. The monoisotopic (exact) mass is 313 g/mol. The van der Waals surface area contributed by atoms with Crippen LogP contribution < -0.4 is 11.3 Å². The Balaban J connectivity index is 2.03. The molecule has 1 aromatic heterocycles. The Bertz CT molecular complexity index is 823. The number of hydrogen-bond donors (Lipinski definition) is 2. The van der Waals surface area contributed by atoms with E-state index in [1.807, 2.05) is 31.2 Å². The van der Waals surface area contributed by atoms with Crippen LogP contribution in [0.1, 0.15) is 36.2 Å². The third-order valence-electron chi connectivity index (χ3n) is 4.99. The maximum Gasteiger partial charge on any atom is 0.261 e. The molecule has 1 aliphatic heterocycles. The second-order valence-electron chi connectivity index (χ2n) is 7.11. The molecule has 5 nitrogen and oxygen atoms in total. The van der Waals surface area contributed by atoms with Crippen molar-refractivity contribution < 1.29 is 4.79 Å². The first kappa shape index (κ1) is 15.7. The molecule has 1 amide bonds. The number of carbonyl (C=O) groups excluding carboxylic acids is 1. The summed E-state index contributed by atoms with van der Waals surface area (Å²) in [7, 11) is 0. The van der Waals surface area contributed by atoms with Crippen LogP contribution in [0.5, 0.6) is 0 Å². The van der Waals surface area contributed by atoms with Crippen LogP contribution in [0.2, 0.25) is 0 Å². The van der Waals surface area contributed by atoms with Gasteiger partial charge in [-0.3, -0.25) is 9.59 Å². The van der Waals surface area contributed by atoms with Gasteiger partial charge < -0.3 is 15.6 Å². The van der Waals surface area contributed by atoms with Crippen LogP contribution in [0.4, 0.5) is 0 Å². The van der Waals surface area contributed by atoms with Crippen LogP contribution in [-0.2, 0) is 0 Å². The summed E-state index contributed by atoms with van der Waals surface area (Å²) in [6, 6.07) is 7.62. The smallest absolute Gasteiger partial charge is 0.261 e. The van der Waals surface area contributed by atoms with Gasteiger partial charge in [-0.1, -0.05) is 32.0 Å². The number of aryl methyl sites for hydroxylation is 1. The molecule has 0 radical (unpaired) electrons. The Morgan fingerprint density at radius 1 is 1.35 bits per heavy atom. The zero-order chi connectivity index (χ0) is 16.8. The SMILES string of the molecule is Cc1c(C(=O)N2CCC(N)C(C)(C)C2)c(=O)[nH]c2ccccc12. The van der Waals surface area contributed by atoms with Gasteiger partial charge in [0.15, 0.2) is 0 Å². The Kier molecular flexibility index (Phi) is 3.76. The van der Waals surface area contributed by atoms with Crippen molar-refractivity contribution in [3.05, 3.63) is 45.7 Å². The highest BCUT2D eigenvalue weighted by Gasteiger charge is 2.36. The fourth-order valence-electron chi connectivity index (χ4n) is 3.37. The second kappa shape index (κ2) is 5.49. The summed E-state index contributed by atoms with van der Waals surface area (Å²) in [6.45, 7) is 7.13. The molecule has 23 heavy (non-hydrogen) atoms. The largest absolute Gasteiger partial charge is 0.338 e. The number of aromatic amines is 1. The fourth-order valence-corrected chi connectivity index (χ4v) is 3.37. The molecule has 5 heteroatoms. The molecule has 1 atom stereocenters. The molecule has 122 valence electrons. The zero-order valence-electron chi connectivity index (χ0n) is 13.8. The molecule has 1 aromatic carbocycles. The standard InChI is InChI=1S/C18H23N3O2/c1-11-12-6-4-5-7-13(12)20-16(22)15(11)17(23)21-9-8-14(19)18(2,3)10-21/h4-7,14H,8-10,19H2,1-3H3,(H,20,22). The average molecular weight is 313 g/mol. The Hall–Kier alpha value is -2.14. The van der Waals surface area contributed by atoms with Gasteiger partial charge in [0.2, 0.25) is 0 Å². The minimum absolute atomic E-state index is 0.0718. The van der Waals surface area contributed by atoms with Crippen LogP contribution in [0.25, 0.3) is 10.9 Å². The molecule has 3 rings (SSSR count). The van der Waals surface area contributed by atoms with Crippen molar-refractivity contribution in [2.24, 2.45) is 11.1 Å². The first-order valence-corrected chi connectivity index (χ1v) is 7.98. The van der Waals surface area contributed by atoms with E-state index in [4.69, 9.17) is 5.73 Å². The van der Waals surface area contributed by atoms with Gasteiger partial charge >= 0.3 is 0 Å². The lowest BCUT2D eigenvalue weighted by Crippen LogP contribution is -2.54. The van der Waals surface area contributed by atoms with Crippen molar-refractivity contribution in [3.8, 4) is 0 Å². The van der Waals surface area contributed by atoms with E-state index < -0.39 is 0 Å². The number of nitrogens with two attached hydrogens (primary N) is 1. The van der Waals surface area contributed by atoms with E-state index in [1.165, 1.54) is 0 Å². The van der Waals surface area contributed by atoms with Crippen molar-refractivity contribution in [2.75, 3.05) is 13.1 Å². The number of fused-ring (bicyclic) bond motifs is 1. The van der Waals surface area contributed by atoms with Crippen LogP contribution >= 0.6 is 0 Å². The summed E-state index contributed by atoms with van der Waals surface area (Å²) in [5.74, 6) is -0.200. The summed E-state index contributed by atoms with van der Waals surface area (Å²) >= 11 is 0. The quantitative estimate of drug-likeness (QED) is 0.845. The van der Waals surface area contributed by atoms with Crippen LogP contribution in [-0.4, -0.2) is 34.9 Å². The lowest BCUT2D eigenvalue weighted by Gasteiger charge is -2.42. The highest BCUT2D eigenvalue weighted by Crippen LogP contribution is 2.29. The number of aromatic nitrogens is 1. The third-order valence-corrected chi connectivity index (χ3v) is 4.99. The van der Waals surface area contributed by atoms with Gasteiger partial charge in [0, 0.05) is 30.0 Å². The first-order valence-electron chi connectivity index (χ1n) is 7.98. The van der Waals surface area contributed by atoms with Crippen molar-refractivity contribution in [2.45, 2.75) is 33.2 Å². The molecule has 1 unspecified atom stereocenters. The van der Waals surface area contributed by atoms with Gasteiger partial charge in [-0.2, -0.15) is 0 Å². The second-order valence-corrected chi connectivity index (χ2v) is 7.11. The van der Waals surface area contributed by atoms with E-state index >= 15 is 0 Å². The number of likely N-dealkylation sites (tertiary alicyclic amines) is 1. The molecule has 0 spiro atoms. The molecule has 2 heterocycles. The summed E-state index contributed by atoms with van der Waals surface area (Å²) in [5.41, 5.74) is 7.41. The average Bonchev–Trinajstić information content (AvgIpc) is 2.49. The van der Waals surface area contributed by atoms with Crippen molar-refractivity contribution in [1.29, 1.82) is 0 Å². The summed E-state index contributed by atoms with van der Waals surface area (Å²) in [4.78, 5) is 30.0.